The molecule has 2 fully saturated rings. The Balaban J connectivity index is 1.49. The summed E-state index contributed by atoms with van der Waals surface area (Å²) in [6, 6.07) is 6.89. The lowest BCUT2D eigenvalue weighted by Gasteiger charge is -2.49. The van der Waals surface area contributed by atoms with E-state index in [9.17, 15) is 4.79 Å². The molecule has 4 atom stereocenters. The van der Waals surface area contributed by atoms with E-state index in [1.165, 1.54) is 24.0 Å². The van der Waals surface area contributed by atoms with Crippen LogP contribution in [0.5, 0.6) is 5.75 Å². The van der Waals surface area contributed by atoms with Gasteiger partial charge in [0.25, 0.3) is 0 Å². The first-order valence-electron chi connectivity index (χ1n) is 10.9. The summed E-state index contributed by atoms with van der Waals surface area (Å²) in [5, 5.41) is 3.97. The van der Waals surface area contributed by atoms with Gasteiger partial charge < -0.3 is 15.8 Å². The van der Waals surface area contributed by atoms with E-state index in [0.717, 1.165) is 30.8 Å². The third kappa shape index (κ3) is 3.33. The minimum absolute atomic E-state index is 0.118. The molecule has 2 heterocycles. The van der Waals surface area contributed by atoms with Crippen LogP contribution < -0.4 is 15.8 Å². The second kappa shape index (κ2) is 6.66. The zero-order valence-corrected chi connectivity index (χ0v) is 18.3. The molecular formula is C23H31N3O2S. The summed E-state index contributed by atoms with van der Waals surface area (Å²) < 4.78 is 6.50. The van der Waals surface area contributed by atoms with Crippen molar-refractivity contribution in [2.45, 2.75) is 76.5 Å². The van der Waals surface area contributed by atoms with E-state index < -0.39 is 0 Å². The molecule has 2 saturated carbocycles. The number of nitrogens with zero attached hydrogens (tertiary/aromatic N) is 1. The fourth-order valence-electron chi connectivity index (χ4n) is 5.11. The highest BCUT2D eigenvalue weighted by atomic mass is 32.2. The van der Waals surface area contributed by atoms with Gasteiger partial charge in [0.05, 0.1) is 0 Å². The van der Waals surface area contributed by atoms with Crippen molar-refractivity contribution < 1.29 is 9.53 Å². The van der Waals surface area contributed by atoms with Crippen molar-refractivity contribution >= 4 is 22.8 Å². The molecule has 4 aliphatic rings. The highest BCUT2D eigenvalue weighted by Gasteiger charge is 2.55. The number of rotatable bonds is 2. The minimum atomic E-state index is -0.380. The second-order valence-corrected chi connectivity index (χ2v) is 11.2. The number of benzene rings is 1. The Bertz CT molecular complexity index is 873. The predicted octanol–water partition coefficient (Wildman–Crippen LogP) is 3.91. The summed E-state index contributed by atoms with van der Waals surface area (Å²) in [7, 11) is 0. The number of hydrogen-bond acceptors (Lipinski definition) is 5. The average molecular weight is 414 g/mol. The van der Waals surface area contributed by atoms with Crippen molar-refractivity contribution in [2.24, 2.45) is 22.1 Å². The highest BCUT2D eigenvalue weighted by molar-refractivity contribution is 8.14. The third-order valence-corrected chi connectivity index (χ3v) is 7.94. The number of ether oxygens (including phenoxy) is 1. The van der Waals surface area contributed by atoms with Gasteiger partial charge in [-0.3, -0.25) is 4.79 Å². The van der Waals surface area contributed by atoms with Crippen LogP contribution in [0, 0.1) is 11.3 Å². The molecule has 29 heavy (non-hydrogen) atoms. The quantitative estimate of drug-likeness (QED) is 0.771. The number of amides is 1. The first kappa shape index (κ1) is 19.3. The monoisotopic (exact) mass is 413 g/mol. The lowest BCUT2D eigenvalue weighted by molar-refractivity contribution is -0.130. The number of carbonyl (C=O) groups is 1. The van der Waals surface area contributed by atoms with Gasteiger partial charge in [0.15, 0.2) is 5.17 Å². The molecule has 0 radical (unpaired) electrons. The molecule has 156 valence electrons. The molecule has 1 spiro atoms. The fourth-order valence-corrected chi connectivity index (χ4v) is 6.14. The average Bonchev–Trinajstić information content (AvgIpc) is 3.45. The Morgan fingerprint density at radius 2 is 2.07 bits per heavy atom. The third-order valence-electron chi connectivity index (χ3n) is 6.96. The molecule has 1 aromatic carbocycles. The number of fused-ring (bicyclic) bond motifs is 4. The van der Waals surface area contributed by atoms with E-state index in [1.807, 2.05) is 20.8 Å². The van der Waals surface area contributed by atoms with Crippen molar-refractivity contribution in [1.29, 1.82) is 0 Å². The van der Waals surface area contributed by atoms with Crippen LogP contribution in [-0.4, -0.2) is 29.0 Å². The number of hydrogen-bond donors (Lipinski definition) is 2. The number of thioether (sulfide) groups is 1. The van der Waals surface area contributed by atoms with E-state index in [0.29, 0.717) is 11.1 Å². The van der Waals surface area contributed by atoms with Crippen LogP contribution in [0.25, 0.3) is 0 Å². The first-order valence-corrected chi connectivity index (χ1v) is 11.8. The molecule has 5 rings (SSSR count). The molecule has 0 aromatic heterocycles. The summed E-state index contributed by atoms with van der Waals surface area (Å²) in [6.07, 6.45) is 5.45. The largest absolute Gasteiger partial charge is 0.490 e. The number of aliphatic imine (C=N–C) groups is 1. The van der Waals surface area contributed by atoms with Gasteiger partial charge in [-0.1, -0.05) is 38.6 Å². The summed E-state index contributed by atoms with van der Waals surface area (Å²) >= 11 is 1.66. The maximum absolute atomic E-state index is 12.6. The van der Waals surface area contributed by atoms with Crippen LogP contribution in [0.4, 0.5) is 0 Å². The molecular weight excluding hydrogens is 382 g/mol. The van der Waals surface area contributed by atoms with Crippen LogP contribution in [0.2, 0.25) is 0 Å². The lowest BCUT2D eigenvalue weighted by atomic mass is 9.67. The summed E-state index contributed by atoms with van der Waals surface area (Å²) in [4.78, 5) is 17.6. The Morgan fingerprint density at radius 3 is 2.72 bits per heavy atom. The zero-order chi connectivity index (χ0) is 20.4. The maximum atomic E-state index is 12.6. The van der Waals surface area contributed by atoms with Gasteiger partial charge in [0, 0.05) is 28.7 Å². The van der Waals surface area contributed by atoms with E-state index in [1.54, 1.807) is 11.8 Å². The van der Waals surface area contributed by atoms with Crippen molar-refractivity contribution in [2.75, 3.05) is 5.75 Å². The topological polar surface area (TPSA) is 76.7 Å². The van der Waals surface area contributed by atoms with E-state index in [2.05, 4.69) is 23.5 Å². The standard InChI is InChI=1S/C23H31N3O2S/c1-22(2,3)20(27)25-15-7-9-19-17(11-15)23(12-29-21(24)26-23)16-10-14(13-4-5-13)6-8-18(16)28-19/h6,8,10,13,15,17,19H,4-5,7,9,11-12H2,1-3H3,(H2,24,26)(H,25,27). The second-order valence-electron chi connectivity index (χ2n) is 10.2. The lowest BCUT2D eigenvalue weighted by Crippen LogP contribution is -2.55. The maximum Gasteiger partial charge on any atom is 0.225 e. The van der Waals surface area contributed by atoms with Crippen LogP contribution in [0.3, 0.4) is 0 Å². The van der Waals surface area contributed by atoms with Crippen LogP contribution in [0.1, 0.15) is 69.9 Å². The molecule has 6 heteroatoms. The SMILES string of the molecule is CC(C)(C)C(=O)NC1CCC2Oc3ccc(C4CC4)cc3C3(CSC(N)=N3)C2C1. The van der Waals surface area contributed by atoms with Crippen LogP contribution in [0.15, 0.2) is 23.2 Å². The first-order chi connectivity index (χ1) is 13.8. The Hall–Kier alpha value is -1.69. The molecule has 4 unspecified atom stereocenters. The molecule has 0 saturated heterocycles. The van der Waals surface area contributed by atoms with Gasteiger partial charge in [-0.2, -0.15) is 0 Å². The van der Waals surface area contributed by atoms with Crippen molar-refractivity contribution in [3.8, 4) is 5.75 Å². The highest BCUT2D eigenvalue weighted by Crippen LogP contribution is 2.55. The number of amidine groups is 1. The van der Waals surface area contributed by atoms with Crippen molar-refractivity contribution in [3.05, 3.63) is 29.3 Å². The van der Waals surface area contributed by atoms with Gasteiger partial charge in [-0.25, -0.2) is 4.99 Å². The van der Waals surface area contributed by atoms with Gasteiger partial charge in [0.2, 0.25) is 5.91 Å². The fraction of sp³-hybridized carbons (Fsp3) is 0.652. The van der Waals surface area contributed by atoms with Gasteiger partial charge in [0.1, 0.15) is 17.4 Å². The smallest absolute Gasteiger partial charge is 0.225 e. The predicted molar refractivity (Wildman–Crippen MR) is 117 cm³/mol. The Morgan fingerprint density at radius 1 is 1.28 bits per heavy atom. The molecule has 2 aliphatic heterocycles. The summed E-state index contributed by atoms with van der Waals surface area (Å²) in [6.45, 7) is 5.90. The van der Waals surface area contributed by atoms with E-state index >= 15 is 0 Å². The molecule has 1 amide bonds. The van der Waals surface area contributed by atoms with Gasteiger partial charge in [-0.05, 0) is 55.7 Å². The number of nitrogens with one attached hydrogen (secondary N) is 1. The Labute approximate surface area is 177 Å². The van der Waals surface area contributed by atoms with Gasteiger partial charge in [-0.15, -0.1) is 0 Å². The number of carbonyl (C=O) groups excluding carboxylic acids is 1. The van der Waals surface area contributed by atoms with Crippen LogP contribution in [-0.2, 0) is 10.3 Å². The number of nitrogens with two attached hydrogens (primary N) is 1. The molecule has 5 nitrogen and oxygen atoms in total. The van der Waals surface area contributed by atoms with Crippen molar-refractivity contribution in [3.63, 3.8) is 0 Å². The van der Waals surface area contributed by atoms with E-state index in [4.69, 9.17) is 15.5 Å². The zero-order valence-electron chi connectivity index (χ0n) is 17.5. The summed E-state index contributed by atoms with van der Waals surface area (Å²) in [5.74, 6) is 2.89. The Kier molecular flexibility index (Phi) is 4.43. The van der Waals surface area contributed by atoms with Crippen LogP contribution >= 0.6 is 11.8 Å². The van der Waals surface area contributed by atoms with Crippen molar-refractivity contribution in [1.82, 2.24) is 5.32 Å². The molecule has 3 N–H and O–H groups in total. The van der Waals surface area contributed by atoms with Gasteiger partial charge >= 0.3 is 0 Å². The normalized spacial score (nSPS) is 33.5. The molecule has 0 bridgehead atoms. The molecule has 2 aliphatic carbocycles. The summed E-state index contributed by atoms with van der Waals surface area (Å²) in [5.41, 5.74) is 8.11. The minimum Gasteiger partial charge on any atom is -0.490 e. The molecule has 1 aromatic rings. The van der Waals surface area contributed by atoms with E-state index in [-0.39, 0.29) is 34.9 Å².